The van der Waals surface area contributed by atoms with Crippen LogP contribution in [0.15, 0.2) is 18.2 Å². The molecule has 0 fully saturated rings. The summed E-state index contributed by atoms with van der Waals surface area (Å²) in [6.07, 6.45) is 0.986. The van der Waals surface area contributed by atoms with Crippen molar-refractivity contribution in [1.29, 1.82) is 0 Å². The zero-order valence-electron chi connectivity index (χ0n) is 7.92. The smallest absolute Gasteiger partial charge is 0.0725 e. The summed E-state index contributed by atoms with van der Waals surface area (Å²) < 4.78 is 5.34. The van der Waals surface area contributed by atoms with Crippen LogP contribution in [-0.2, 0) is 18.0 Å². The highest BCUT2D eigenvalue weighted by atomic mass is 16.5. The molecule has 2 heteroatoms. The second-order valence-electron chi connectivity index (χ2n) is 3.54. The van der Waals surface area contributed by atoms with E-state index in [1.54, 1.807) is 0 Å². The second kappa shape index (κ2) is 3.48. The van der Waals surface area contributed by atoms with Crippen LogP contribution >= 0.6 is 0 Å². The zero-order chi connectivity index (χ0) is 9.26. The van der Waals surface area contributed by atoms with Crippen molar-refractivity contribution < 1.29 is 4.74 Å². The van der Waals surface area contributed by atoms with Crippen molar-refractivity contribution in [1.82, 2.24) is 0 Å². The minimum Gasteiger partial charge on any atom is -0.372 e. The molecule has 0 bridgehead atoms. The van der Waals surface area contributed by atoms with Crippen LogP contribution in [0.25, 0.3) is 0 Å². The highest BCUT2D eigenvalue weighted by Gasteiger charge is 2.12. The Balaban J connectivity index is 2.30. The standard InChI is InChI=1S/C11H15NO/c1-2-11(12)8-3-4-9-6-13-7-10(9)5-8/h3-5,11H,2,6-7,12H2,1H3. The molecule has 2 rings (SSSR count). The van der Waals surface area contributed by atoms with Gasteiger partial charge in [-0.25, -0.2) is 0 Å². The minimum atomic E-state index is 0.172. The Morgan fingerprint density at radius 2 is 2.15 bits per heavy atom. The Morgan fingerprint density at radius 1 is 1.38 bits per heavy atom. The summed E-state index contributed by atoms with van der Waals surface area (Å²) >= 11 is 0. The number of benzene rings is 1. The summed E-state index contributed by atoms with van der Waals surface area (Å²) in [7, 11) is 0. The molecule has 1 atom stereocenters. The molecular formula is C11H15NO. The lowest BCUT2D eigenvalue weighted by molar-refractivity contribution is 0.134. The Labute approximate surface area is 78.7 Å². The summed E-state index contributed by atoms with van der Waals surface area (Å²) in [5.41, 5.74) is 9.79. The van der Waals surface area contributed by atoms with Gasteiger partial charge in [-0.3, -0.25) is 0 Å². The van der Waals surface area contributed by atoms with Gasteiger partial charge in [0, 0.05) is 6.04 Å². The molecular weight excluding hydrogens is 162 g/mol. The number of ether oxygens (including phenoxy) is 1. The van der Waals surface area contributed by atoms with E-state index in [1.807, 2.05) is 0 Å². The van der Waals surface area contributed by atoms with E-state index in [-0.39, 0.29) is 6.04 Å². The van der Waals surface area contributed by atoms with Crippen LogP contribution in [0.4, 0.5) is 0 Å². The summed E-state index contributed by atoms with van der Waals surface area (Å²) in [5.74, 6) is 0. The third kappa shape index (κ3) is 1.60. The zero-order valence-corrected chi connectivity index (χ0v) is 7.92. The number of hydrogen-bond acceptors (Lipinski definition) is 2. The van der Waals surface area contributed by atoms with E-state index < -0.39 is 0 Å². The highest BCUT2D eigenvalue weighted by molar-refractivity contribution is 5.34. The van der Waals surface area contributed by atoms with Crippen LogP contribution < -0.4 is 5.73 Å². The molecule has 1 aliphatic rings. The predicted molar refractivity (Wildman–Crippen MR) is 52.2 cm³/mol. The van der Waals surface area contributed by atoms with Crippen LogP contribution in [0.5, 0.6) is 0 Å². The van der Waals surface area contributed by atoms with Crippen molar-refractivity contribution in [2.24, 2.45) is 5.73 Å². The monoisotopic (exact) mass is 177 g/mol. The Kier molecular flexibility index (Phi) is 2.34. The number of rotatable bonds is 2. The van der Waals surface area contributed by atoms with Crippen LogP contribution in [0.3, 0.4) is 0 Å². The summed E-state index contributed by atoms with van der Waals surface area (Å²) in [6, 6.07) is 6.59. The molecule has 0 radical (unpaired) electrons. The molecule has 70 valence electrons. The van der Waals surface area contributed by atoms with Crippen molar-refractivity contribution >= 4 is 0 Å². The Bertz CT molecular complexity index is 309. The Hall–Kier alpha value is -0.860. The Morgan fingerprint density at radius 3 is 2.92 bits per heavy atom. The fourth-order valence-electron chi connectivity index (χ4n) is 1.66. The van der Waals surface area contributed by atoms with Gasteiger partial charge in [0.2, 0.25) is 0 Å². The first kappa shape index (κ1) is 8.73. The summed E-state index contributed by atoms with van der Waals surface area (Å²) in [5, 5.41) is 0. The molecule has 1 aromatic carbocycles. The maximum atomic E-state index is 5.95. The SMILES string of the molecule is CCC(N)c1ccc2c(c1)COC2. The van der Waals surface area contributed by atoms with Crippen molar-refractivity contribution in [3.8, 4) is 0 Å². The van der Waals surface area contributed by atoms with Gasteiger partial charge < -0.3 is 10.5 Å². The first-order valence-electron chi connectivity index (χ1n) is 4.76. The molecule has 1 unspecified atom stereocenters. The van der Waals surface area contributed by atoms with Crippen LogP contribution in [0.1, 0.15) is 36.1 Å². The van der Waals surface area contributed by atoms with Gasteiger partial charge in [-0.05, 0) is 23.1 Å². The molecule has 1 aliphatic heterocycles. The lowest BCUT2D eigenvalue weighted by Gasteiger charge is -2.10. The van der Waals surface area contributed by atoms with E-state index >= 15 is 0 Å². The third-order valence-corrected chi connectivity index (χ3v) is 2.61. The van der Waals surface area contributed by atoms with Gasteiger partial charge >= 0.3 is 0 Å². The first-order chi connectivity index (χ1) is 6.31. The number of nitrogens with two attached hydrogens (primary N) is 1. The van der Waals surface area contributed by atoms with Crippen molar-refractivity contribution in [3.05, 3.63) is 34.9 Å². The minimum absolute atomic E-state index is 0.172. The van der Waals surface area contributed by atoms with Gasteiger partial charge in [0.1, 0.15) is 0 Å². The largest absolute Gasteiger partial charge is 0.372 e. The molecule has 0 aromatic heterocycles. The average Bonchev–Trinajstić information content (AvgIpc) is 2.63. The summed E-state index contributed by atoms with van der Waals surface area (Å²) in [4.78, 5) is 0. The van der Waals surface area contributed by atoms with Gasteiger partial charge in [-0.2, -0.15) is 0 Å². The van der Waals surface area contributed by atoms with Crippen molar-refractivity contribution in [3.63, 3.8) is 0 Å². The molecule has 1 aromatic rings. The number of hydrogen-bond donors (Lipinski definition) is 1. The first-order valence-corrected chi connectivity index (χ1v) is 4.76. The maximum absolute atomic E-state index is 5.95. The van der Waals surface area contributed by atoms with Gasteiger partial charge in [0.15, 0.2) is 0 Å². The van der Waals surface area contributed by atoms with Gasteiger partial charge in [0.25, 0.3) is 0 Å². The quantitative estimate of drug-likeness (QED) is 0.751. The van der Waals surface area contributed by atoms with Gasteiger partial charge in [-0.15, -0.1) is 0 Å². The average molecular weight is 177 g/mol. The molecule has 0 aliphatic carbocycles. The fourth-order valence-corrected chi connectivity index (χ4v) is 1.66. The van der Waals surface area contributed by atoms with Crippen molar-refractivity contribution in [2.45, 2.75) is 32.6 Å². The van der Waals surface area contributed by atoms with E-state index in [0.29, 0.717) is 0 Å². The maximum Gasteiger partial charge on any atom is 0.0725 e. The molecule has 2 N–H and O–H groups in total. The van der Waals surface area contributed by atoms with E-state index in [1.165, 1.54) is 16.7 Å². The molecule has 0 saturated heterocycles. The predicted octanol–water partition coefficient (Wildman–Crippen LogP) is 2.13. The highest BCUT2D eigenvalue weighted by Crippen LogP contribution is 2.23. The number of fused-ring (bicyclic) bond motifs is 1. The van der Waals surface area contributed by atoms with E-state index in [0.717, 1.165) is 19.6 Å². The van der Waals surface area contributed by atoms with Crippen LogP contribution in [0.2, 0.25) is 0 Å². The molecule has 0 saturated carbocycles. The van der Waals surface area contributed by atoms with Crippen LogP contribution in [-0.4, -0.2) is 0 Å². The van der Waals surface area contributed by atoms with E-state index in [4.69, 9.17) is 10.5 Å². The second-order valence-corrected chi connectivity index (χ2v) is 3.54. The van der Waals surface area contributed by atoms with E-state index in [9.17, 15) is 0 Å². The summed E-state index contributed by atoms with van der Waals surface area (Å²) in [6.45, 7) is 3.62. The van der Waals surface area contributed by atoms with Gasteiger partial charge in [0.05, 0.1) is 13.2 Å². The van der Waals surface area contributed by atoms with Gasteiger partial charge in [-0.1, -0.05) is 25.1 Å². The van der Waals surface area contributed by atoms with E-state index in [2.05, 4.69) is 25.1 Å². The third-order valence-electron chi connectivity index (χ3n) is 2.61. The molecule has 0 amide bonds. The lowest BCUT2D eigenvalue weighted by Crippen LogP contribution is -2.08. The lowest BCUT2D eigenvalue weighted by atomic mass is 10.0. The molecule has 0 spiro atoms. The van der Waals surface area contributed by atoms with Crippen LogP contribution in [0, 0.1) is 0 Å². The van der Waals surface area contributed by atoms with Crippen molar-refractivity contribution in [2.75, 3.05) is 0 Å². The fraction of sp³-hybridized carbons (Fsp3) is 0.455. The molecule has 2 nitrogen and oxygen atoms in total. The normalized spacial score (nSPS) is 17.1. The topological polar surface area (TPSA) is 35.2 Å². The molecule has 13 heavy (non-hydrogen) atoms. The molecule has 1 heterocycles.